The topological polar surface area (TPSA) is 104 Å². The van der Waals surface area contributed by atoms with Crippen LogP contribution in [0.2, 0.25) is 0 Å². The van der Waals surface area contributed by atoms with Crippen molar-refractivity contribution < 1.29 is 29.0 Å². The molecular weight excluding hydrogens is 424 g/mol. The minimum Gasteiger partial charge on any atom is -0.494 e. The molecule has 0 saturated carbocycles. The van der Waals surface area contributed by atoms with Gasteiger partial charge in [0.05, 0.1) is 25.1 Å². The number of rotatable bonds is 11. The average Bonchev–Trinajstić information content (AvgIpc) is 3.11. The van der Waals surface area contributed by atoms with Gasteiger partial charge in [-0.1, -0.05) is 37.3 Å². The Morgan fingerprint density at radius 2 is 1.76 bits per heavy atom. The molecule has 33 heavy (non-hydrogen) atoms. The van der Waals surface area contributed by atoms with Crippen LogP contribution in [0.25, 0.3) is 0 Å². The van der Waals surface area contributed by atoms with Crippen molar-refractivity contribution in [3.05, 3.63) is 60.2 Å². The van der Waals surface area contributed by atoms with Gasteiger partial charge in [-0.25, -0.2) is 4.90 Å². The first-order valence-electron chi connectivity index (χ1n) is 11.1. The summed E-state index contributed by atoms with van der Waals surface area (Å²) in [5.74, 6) is -1.79. The highest BCUT2D eigenvalue weighted by atomic mass is 16.5. The van der Waals surface area contributed by atoms with Crippen LogP contribution in [-0.4, -0.2) is 52.9 Å². The van der Waals surface area contributed by atoms with E-state index in [0.29, 0.717) is 24.5 Å². The molecule has 2 aromatic rings. The number of hydrogen-bond acceptors (Lipinski definition) is 5. The number of aliphatic carboxylic acids is 1. The Balaban J connectivity index is 1.77. The van der Waals surface area contributed by atoms with Gasteiger partial charge < -0.3 is 14.7 Å². The average molecular weight is 453 g/mol. The Bertz CT molecular complexity index is 990. The Labute approximate surface area is 192 Å². The van der Waals surface area contributed by atoms with E-state index in [-0.39, 0.29) is 25.8 Å². The second kappa shape index (κ2) is 11.3. The summed E-state index contributed by atoms with van der Waals surface area (Å²) in [4.78, 5) is 52.3. The van der Waals surface area contributed by atoms with E-state index in [9.17, 15) is 19.2 Å². The number of nitrogens with zero attached hydrogens (tertiary/aromatic N) is 2. The number of carboxylic acids is 1. The lowest BCUT2D eigenvalue weighted by Gasteiger charge is -2.27. The molecule has 2 aromatic carbocycles. The normalized spacial score (nSPS) is 15.5. The van der Waals surface area contributed by atoms with Crippen LogP contribution in [0, 0.1) is 0 Å². The quantitative estimate of drug-likeness (QED) is 0.526. The number of benzene rings is 2. The lowest BCUT2D eigenvalue weighted by molar-refractivity contribution is -0.143. The zero-order valence-electron chi connectivity index (χ0n) is 18.6. The first-order chi connectivity index (χ1) is 15.9. The molecule has 1 atom stereocenters. The van der Waals surface area contributed by atoms with Crippen molar-refractivity contribution in [2.45, 2.75) is 45.1 Å². The van der Waals surface area contributed by atoms with Crippen LogP contribution in [-0.2, 0) is 25.6 Å². The van der Waals surface area contributed by atoms with Crippen LogP contribution in [0.1, 0.15) is 38.2 Å². The Kier molecular flexibility index (Phi) is 8.18. The third-order valence-electron chi connectivity index (χ3n) is 5.42. The lowest BCUT2D eigenvalue weighted by atomic mass is 10.1. The maximum absolute atomic E-state index is 13.2. The number of amides is 3. The van der Waals surface area contributed by atoms with Gasteiger partial charge in [-0.2, -0.15) is 0 Å². The minimum atomic E-state index is -1.09. The molecule has 0 spiro atoms. The smallest absolute Gasteiger partial charge is 0.303 e. The number of imide groups is 1. The van der Waals surface area contributed by atoms with Gasteiger partial charge in [-0.15, -0.1) is 0 Å². The maximum Gasteiger partial charge on any atom is 0.303 e. The number of carbonyl (C=O) groups is 4. The van der Waals surface area contributed by atoms with Crippen molar-refractivity contribution in [1.29, 1.82) is 0 Å². The highest BCUT2D eigenvalue weighted by molar-refractivity contribution is 6.23. The summed E-state index contributed by atoms with van der Waals surface area (Å²) in [6.07, 6.45) is 0.646. The molecule has 0 unspecified atom stereocenters. The SMILES string of the molecule is CCCOc1ccc(N2C(=O)C[C@H](N(CCc3ccccc3)C(=O)CCC(=O)O)C2=O)cc1. The van der Waals surface area contributed by atoms with Gasteiger partial charge in [0.15, 0.2) is 0 Å². The largest absolute Gasteiger partial charge is 0.494 e. The molecule has 0 aromatic heterocycles. The fourth-order valence-electron chi connectivity index (χ4n) is 3.75. The molecular formula is C25H28N2O6. The van der Waals surface area contributed by atoms with E-state index in [1.165, 1.54) is 4.90 Å². The summed E-state index contributed by atoms with van der Waals surface area (Å²) in [5.41, 5.74) is 1.39. The number of carbonyl (C=O) groups excluding carboxylic acids is 3. The van der Waals surface area contributed by atoms with E-state index in [4.69, 9.17) is 9.84 Å². The standard InChI is InChI=1S/C25H28N2O6/c1-2-16-33-20-10-8-19(9-11-20)27-23(29)17-21(25(27)32)26(22(28)12-13-24(30)31)15-14-18-6-4-3-5-7-18/h3-11,21H,2,12-17H2,1H3,(H,30,31)/t21-/m0/s1. The molecule has 1 heterocycles. The second-order valence-electron chi connectivity index (χ2n) is 7.85. The summed E-state index contributed by atoms with van der Waals surface area (Å²) in [6, 6.07) is 15.2. The van der Waals surface area contributed by atoms with Crippen LogP contribution in [0.15, 0.2) is 54.6 Å². The van der Waals surface area contributed by atoms with E-state index in [2.05, 4.69) is 0 Å². The van der Waals surface area contributed by atoms with Crippen molar-refractivity contribution in [3.63, 3.8) is 0 Å². The number of ether oxygens (including phenoxy) is 1. The van der Waals surface area contributed by atoms with E-state index in [1.54, 1.807) is 24.3 Å². The molecule has 1 saturated heterocycles. The predicted octanol–water partition coefficient (Wildman–Crippen LogP) is 3.04. The molecule has 8 nitrogen and oxygen atoms in total. The molecule has 3 rings (SSSR count). The van der Waals surface area contributed by atoms with Crippen LogP contribution in [0.4, 0.5) is 5.69 Å². The molecule has 1 fully saturated rings. The van der Waals surface area contributed by atoms with Gasteiger partial charge >= 0.3 is 5.97 Å². The first kappa shape index (κ1) is 24.0. The van der Waals surface area contributed by atoms with E-state index < -0.39 is 29.7 Å². The third kappa shape index (κ3) is 6.19. The summed E-state index contributed by atoms with van der Waals surface area (Å²) in [5, 5.41) is 8.97. The summed E-state index contributed by atoms with van der Waals surface area (Å²) < 4.78 is 5.55. The van der Waals surface area contributed by atoms with E-state index >= 15 is 0 Å². The molecule has 0 aliphatic carbocycles. The van der Waals surface area contributed by atoms with Crippen LogP contribution < -0.4 is 9.64 Å². The molecule has 8 heteroatoms. The molecule has 1 aliphatic rings. The zero-order chi connectivity index (χ0) is 23.8. The molecule has 0 radical (unpaired) electrons. The van der Waals surface area contributed by atoms with Gasteiger partial charge in [0.1, 0.15) is 11.8 Å². The highest BCUT2D eigenvalue weighted by Crippen LogP contribution is 2.28. The van der Waals surface area contributed by atoms with Crippen molar-refractivity contribution in [3.8, 4) is 5.75 Å². The minimum absolute atomic E-state index is 0.138. The number of hydrogen-bond donors (Lipinski definition) is 1. The molecule has 174 valence electrons. The van der Waals surface area contributed by atoms with Crippen molar-refractivity contribution in [1.82, 2.24) is 4.90 Å². The predicted molar refractivity (Wildman–Crippen MR) is 122 cm³/mol. The fraction of sp³-hybridized carbons (Fsp3) is 0.360. The van der Waals surface area contributed by atoms with E-state index in [1.807, 2.05) is 37.3 Å². The summed E-state index contributed by atoms with van der Waals surface area (Å²) in [7, 11) is 0. The monoisotopic (exact) mass is 452 g/mol. The third-order valence-corrected chi connectivity index (χ3v) is 5.42. The van der Waals surface area contributed by atoms with E-state index in [0.717, 1.165) is 16.9 Å². The molecule has 1 aliphatic heterocycles. The summed E-state index contributed by atoms with van der Waals surface area (Å²) in [6.45, 7) is 2.78. The van der Waals surface area contributed by atoms with Gasteiger partial charge in [0.2, 0.25) is 11.8 Å². The Morgan fingerprint density at radius 1 is 1.06 bits per heavy atom. The highest BCUT2D eigenvalue weighted by Gasteiger charge is 2.44. The van der Waals surface area contributed by atoms with Crippen molar-refractivity contribution in [2.24, 2.45) is 0 Å². The molecule has 1 N–H and O–H groups in total. The number of carboxylic acid groups (broad SMARTS) is 1. The van der Waals surface area contributed by atoms with Crippen molar-refractivity contribution >= 4 is 29.4 Å². The second-order valence-corrected chi connectivity index (χ2v) is 7.85. The van der Waals surface area contributed by atoms with Gasteiger partial charge in [-0.05, 0) is 42.7 Å². The van der Waals surface area contributed by atoms with Crippen LogP contribution >= 0.6 is 0 Å². The van der Waals surface area contributed by atoms with Crippen molar-refractivity contribution in [2.75, 3.05) is 18.1 Å². The molecule has 0 bridgehead atoms. The van der Waals surface area contributed by atoms with Gasteiger partial charge in [-0.3, -0.25) is 19.2 Å². The zero-order valence-corrected chi connectivity index (χ0v) is 18.6. The lowest BCUT2D eigenvalue weighted by Crippen LogP contribution is -2.46. The Morgan fingerprint density at radius 3 is 2.39 bits per heavy atom. The number of anilines is 1. The van der Waals surface area contributed by atoms with Gasteiger partial charge in [0, 0.05) is 13.0 Å². The van der Waals surface area contributed by atoms with Crippen LogP contribution in [0.5, 0.6) is 5.75 Å². The fourth-order valence-corrected chi connectivity index (χ4v) is 3.75. The first-order valence-corrected chi connectivity index (χ1v) is 11.1. The van der Waals surface area contributed by atoms with Crippen LogP contribution in [0.3, 0.4) is 0 Å². The molecule has 3 amide bonds. The maximum atomic E-state index is 13.2. The summed E-state index contributed by atoms with van der Waals surface area (Å²) >= 11 is 0. The Hall–Kier alpha value is -3.68. The van der Waals surface area contributed by atoms with Gasteiger partial charge in [0.25, 0.3) is 5.91 Å².